The molecule has 1 aromatic carbocycles. The molecule has 2 unspecified atom stereocenters. The summed E-state index contributed by atoms with van der Waals surface area (Å²) < 4.78 is 0. The Bertz CT molecular complexity index is 439. The lowest BCUT2D eigenvalue weighted by molar-refractivity contribution is 0.0738. The van der Waals surface area contributed by atoms with Gasteiger partial charge in [-0.15, -0.1) is 0 Å². The summed E-state index contributed by atoms with van der Waals surface area (Å²) in [5.41, 5.74) is 1.51. The highest BCUT2D eigenvalue weighted by Crippen LogP contribution is 2.32. The number of nitrogens with zero attached hydrogens (tertiary/aromatic N) is 1. The maximum atomic E-state index is 6.06. The minimum atomic E-state index is 0.214. The number of halogens is 1. The van der Waals surface area contributed by atoms with Gasteiger partial charge >= 0.3 is 0 Å². The zero-order valence-corrected chi connectivity index (χ0v) is 13.9. The summed E-state index contributed by atoms with van der Waals surface area (Å²) in [5, 5.41) is 4.46. The standard InChI is InChI=1S/C17H27ClN2/c1-17(2,3)19-11-14-8-9-16(14)20(4)12-13-6-5-7-15(18)10-13/h5-7,10,14,16,19H,8-9,11-12H2,1-4H3. The van der Waals surface area contributed by atoms with Gasteiger partial charge < -0.3 is 5.32 Å². The Hall–Kier alpha value is -0.570. The van der Waals surface area contributed by atoms with Crippen LogP contribution in [0.1, 0.15) is 39.2 Å². The minimum Gasteiger partial charge on any atom is -0.312 e. The van der Waals surface area contributed by atoms with Gasteiger partial charge in [-0.2, -0.15) is 0 Å². The van der Waals surface area contributed by atoms with E-state index in [4.69, 9.17) is 11.6 Å². The maximum Gasteiger partial charge on any atom is 0.0409 e. The lowest BCUT2D eigenvalue weighted by Crippen LogP contribution is -2.51. The smallest absolute Gasteiger partial charge is 0.0409 e. The predicted molar refractivity (Wildman–Crippen MR) is 87.2 cm³/mol. The Kier molecular flexibility index (Phi) is 5.11. The highest BCUT2D eigenvalue weighted by molar-refractivity contribution is 6.30. The molecular weight excluding hydrogens is 268 g/mol. The molecule has 0 saturated heterocycles. The third kappa shape index (κ3) is 4.47. The van der Waals surface area contributed by atoms with E-state index >= 15 is 0 Å². The lowest BCUT2D eigenvalue weighted by atomic mass is 9.78. The van der Waals surface area contributed by atoms with E-state index in [1.165, 1.54) is 18.4 Å². The Balaban J connectivity index is 1.85. The molecule has 1 aliphatic rings. The molecule has 0 heterocycles. The largest absolute Gasteiger partial charge is 0.312 e. The Labute approximate surface area is 128 Å². The average Bonchev–Trinajstić information content (AvgIpc) is 2.25. The SMILES string of the molecule is CN(Cc1cccc(Cl)c1)C1CCC1CNC(C)(C)C. The van der Waals surface area contributed by atoms with Gasteiger partial charge in [0.05, 0.1) is 0 Å². The van der Waals surface area contributed by atoms with Crippen molar-refractivity contribution in [2.75, 3.05) is 13.6 Å². The van der Waals surface area contributed by atoms with E-state index in [-0.39, 0.29) is 5.54 Å². The van der Waals surface area contributed by atoms with Gasteiger partial charge in [-0.1, -0.05) is 23.7 Å². The molecule has 2 atom stereocenters. The van der Waals surface area contributed by atoms with Crippen LogP contribution in [0.3, 0.4) is 0 Å². The normalized spacial score (nSPS) is 22.9. The summed E-state index contributed by atoms with van der Waals surface area (Å²) in [5.74, 6) is 0.776. The molecular formula is C17H27ClN2. The molecule has 0 aromatic heterocycles. The number of hydrogen-bond donors (Lipinski definition) is 1. The van der Waals surface area contributed by atoms with E-state index in [0.717, 1.165) is 24.0 Å². The number of rotatable bonds is 5. The van der Waals surface area contributed by atoms with E-state index in [1.54, 1.807) is 0 Å². The van der Waals surface area contributed by atoms with Gasteiger partial charge in [-0.05, 0) is 70.8 Å². The zero-order valence-electron chi connectivity index (χ0n) is 13.1. The molecule has 1 N–H and O–H groups in total. The van der Waals surface area contributed by atoms with Crippen LogP contribution >= 0.6 is 11.6 Å². The summed E-state index contributed by atoms with van der Waals surface area (Å²) in [4.78, 5) is 2.48. The zero-order chi connectivity index (χ0) is 14.8. The van der Waals surface area contributed by atoms with Gasteiger partial charge in [-0.25, -0.2) is 0 Å². The van der Waals surface area contributed by atoms with Gasteiger partial charge in [0, 0.05) is 23.1 Å². The first-order valence-corrected chi connectivity index (χ1v) is 7.93. The first-order valence-electron chi connectivity index (χ1n) is 7.55. The van der Waals surface area contributed by atoms with Crippen molar-refractivity contribution in [3.8, 4) is 0 Å². The van der Waals surface area contributed by atoms with E-state index in [9.17, 15) is 0 Å². The van der Waals surface area contributed by atoms with E-state index < -0.39 is 0 Å². The summed E-state index contributed by atoms with van der Waals surface area (Å²) in [6.07, 6.45) is 2.65. The van der Waals surface area contributed by atoms with Crippen molar-refractivity contribution < 1.29 is 0 Å². The lowest BCUT2D eigenvalue weighted by Gasteiger charge is -2.44. The Morgan fingerprint density at radius 1 is 1.30 bits per heavy atom. The van der Waals surface area contributed by atoms with Crippen molar-refractivity contribution in [3.05, 3.63) is 34.9 Å². The van der Waals surface area contributed by atoms with Crippen molar-refractivity contribution in [2.45, 2.75) is 51.7 Å². The third-order valence-electron chi connectivity index (χ3n) is 4.16. The van der Waals surface area contributed by atoms with Crippen molar-refractivity contribution in [3.63, 3.8) is 0 Å². The molecule has 2 nitrogen and oxygen atoms in total. The molecule has 0 amide bonds. The van der Waals surface area contributed by atoms with Gasteiger partial charge in [0.15, 0.2) is 0 Å². The van der Waals surface area contributed by atoms with Crippen LogP contribution in [0.15, 0.2) is 24.3 Å². The Morgan fingerprint density at radius 2 is 2.05 bits per heavy atom. The first-order chi connectivity index (χ1) is 9.35. The quantitative estimate of drug-likeness (QED) is 0.885. The van der Waals surface area contributed by atoms with E-state index in [0.29, 0.717) is 6.04 Å². The Morgan fingerprint density at radius 3 is 2.60 bits per heavy atom. The van der Waals surface area contributed by atoms with Crippen LogP contribution in [-0.2, 0) is 6.54 Å². The average molecular weight is 295 g/mol. The molecule has 0 spiro atoms. The summed E-state index contributed by atoms with van der Waals surface area (Å²) >= 11 is 6.06. The molecule has 1 aliphatic carbocycles. The second-order valence-corrected chi connectivity index (χ2v) is 7.52. The van der Waals surface area contributed by atoms with Crippen LogP contribution in [0.25, 0.3) is 0 Å². The van der Waals surface area contributed by atoms with Crippen LogP contribution in [0, 0.1) is 5.92 Å². The third-order valence-corrected chi connectivity index (χ3v) is 4.39. The fraction of sp³-hybridized carbons (Fsp3) is 0.647. The molecule has 0 radical (unpaired) electrons. The van der Waals surface area contributed by atoms with Crippen molar-refractivity contribution in [2.24, 2.45) is 5.92 Å². The second-order valence-electron chi connectivity index (χ2n) is 7.08. The fourth-order valence-corrected chi connectivity index (χ4v) is 3.06. The summed E-state index contributed by atoms with van der Waals surface area (Å²) in [6.45, 7) is 8.80. The minimum absolute atomic E-state index is 0.214. The van der Waals surface area contributed by atoms with Gasteiger partial charge in [0.2, 0.25) is 0 Å². The fourth-order valence-electron chi connectivity index (χ4n) is 2.85. The van der Waals surface area contributed by atoms with Crippen LogP contribution in [0.5, 0.6) is 0 Å². The molecule has 3 heteroatoms. The van der Waals surface area contributed by atoms with Crippen molar-refractivity contribution in [1.82, 2.24) is 10.2 Å². The van der Waals surface area contributed by atoms with Gasteiger partial charge in [0.1, 0.15) is 0 Å². The van der Waals surface area contributed by atoms with Crippen LogP contribution in [0.2, 0.25) is 5.02 Å². The predicted octanol–water partition coefficient (Wildman–Crippen LogP) is 3.94. The highest BCUT2D eigenvalue weighted by Gasteiger charge is 2.34. The number of benzene rings is 1. The van der Waals surface area contributed by atoms with Crippen LogP contribution in [0.4, 0.5) is 0 Å². The van der Waals surface area contributed by atoms with Gasteiger partial charge in [0.25, 0.3) is 0 Å². The molecule has 2 rings (SSSR count). The highest BCUT2D eigenvalue weighted by atomic mass is 35.5. The molecule has 1 fully saturated rings. The molecule has 1 aromatic rings. The van der Waals surface area contributed by atoms with E-state index in [2.05, 4.69) is 50.2 Å². The monoisotopic (exact) mass is 294 g/mol. The number of nitrogens with one attached hydrogen (secondary N) is 1. The first kappa shape index (κ1) is 15.8. The summed E-state index contributed by atoms with van der Waals surface area (Å²) in [7, 11) is 2.23. The van der Waals surface area contributed by atoms with Crippen LogP contribution in [-0.4, -0.2) is 30.1 Å². The molecule has 112 valence electrons. The summed E-state index contributed by atoms with van der Waals surface area (Å²) in [6, 6.07) is 8.89. The van der Waals surface area contributed by atoms with Gasteiger partial charge in [-0.3, -0.25) is 4.90 Å². The van der Waals surface area contributed by atoms with Crippen molar-refractivity contribution in [1.29, 1.82) is 0 Å². The van der Waals surface area contributed by atoms with E-state index in [1.807, 2.05) is 12.1 Å². The number of hydrogen-bond acceptors (Lipinski definition) is 2. The molecule has 1 saturated carbocycles. The van der Waals surface area contributed by atoms with Crippen LogP contribution < -0.4 is 5.32 Å². The maximum absolute atomic E-state index is 6.06. The molecule has 20 heavy (non-hydrogen) atoms. The van der Waals surface area contributed by atoms with Crippen molar-refractivity contribution >= 4 is 11.6 Å². The topological polar surface area (TPSA) is 15.3 Å². The molecule has 0 aliphatic heterocycles. The second kappa shape index (κ2) is 6.46. The molecule has 0 bridgehead atoms.